The lowest BCUT2D eigenvalue weighted by Crippen LogP contribution is -2.39. The van der Waals surface area contributed by atoms with Crippen molar-refractivity contribution in [3.05, 3.63) is 119 Å². The summed E-state index contributed by atoms with van der Waals surface area (Å²) in [4.78, 5) is 40.9. The van der Waals surface area contributed by atoms with Crippen LogP contribution in [0.1, 0.15) is 18.3 Å². The number of hydrogen-bond acceptors (Lipinski definition) is 8. The second kappa shape index (κ2) is 15.8. The summed E-state index contributed by atoms with van der Waals surface area (Å²) in [5, 5.41) is 0.436. The molecule has 47 heavy (non-hydrogen) atoms. The van der Waals surface area contributed by atoms with Crippen molar-refractivity contribution in [3.8, 4) is 23.0 Å². The maximum atomic E-state index is 14.0. The zero-order chi connectivity index (χ0) is 34.6. The Morgan fingerprint density at radius 2 is 1.13 bits per heavy atom. The summed E-state index contributed by atoms with van der Waals surface area (Å²) in [5.41, 5.74) is -0.519. The second-order valence-electron chi connectivity index (χ2n) is 9.03. The highest BCUT2D eigenvalue weighted by Crippen LogP contribution is 2.32. The smallest absolute Gasteiger partial charge is 0.384 e. The van der Waals surface area contributed by atoms with Crippen molar-refractivity contribution in [2.45, 2.75) is 18.8 Å². The maximum absolute atomic E-state index is 14.0. The minimum atomic E-state index is -3.82. The number of carbonyl (C=O) groups is 2. The van der Waals surface area contributed by atoms with Crippen molar-refractivity contribution in [3.63, 3.8) is 0 Å². The lowest BCUT2D eigenvalue weighted by molar-refractivity contribution is -0.196. The van der Waals surface area contributed by atoms with Crippen LogP contribution in [0.3, 0.4) is 0 Å². The fourth-order valence-electron chi connectivity index (χ4n) is 3.42. The Bertz CT molecular complexity index is 1740. The number of amides is 1. The zero-order valence-corrected chi connectivity index (χ0v) is 25.0. The van der Waals surface area contributed by atoms with Gasteiger partial charge in [-0.05, 0) is 55.5 Å². The fraction of sp³-hybridized carbons (Fsp3) is 0.188. The lowest BCUT2D eigenvalue weighted by atomic mass is 10.2. The Morgan fingerprint density at radius 1 is 0.723 bits per heavy atom. The van der Waals surface area contributed by atoms with E-state index in [4.69, 9.17) is 22.6 Å². The number of pyridine rings is 2. The van der Waals surface area contributed by atoms with Crippen LogP contribution in [-0.4, -0.2) is 47.7 Å². The highest BCUT2D eigenvalue weighted by molar-refractivity contribution is 5.83. The first kappa shape index (κ1) is 35.4. The standard InChI is InChI=1S/C16H13F2N3O3.C16H12F2N2O3/c1-19-11-4-6-12(7-5-11)24-13-8-9-14(20-10-13)16(17,18)15(22)21(2)23-3;1-3-22-15(21)16(17,18)14-9-8-13(10-20-14)23-12-6-4-11(19-2)5-7-12/h4-10H,2-3H3;4-10H,3H2,1H3. The molecule has 15 heteroatoms. The van der Waals surface area contributed by atoms with E-state index in [1.807, 2.05) is 0 Å². The molecule has 0 unspecified atom stereocenters. The summed E-state index contributed by atoms with van der Waals surface area (Å²) < 4.78 is 70.8. The van der Waals surface area contributed by atoms with Gasteiger partial charge in [-0.25, -0.2) is 19.5 Å². The molecule has 11 nitrogen and oxygen atoms in total. The number of aromatic nitrogens is 2. The first-order chi connectivity index (χ1) is 22.3. The number of nitrogens with zero attached hydrogens (tertiary/aromatic N) is 5. The van der Waals surface area contributed by atoms with Crippen molar-refractivity contribution >= 4 is 23.3 Å². The summed E-state index contributed by atoms with van der Waals surface area (Å²) in [6.45, 7) is 15.0. The largest absolute Gasteiger partial charge is 0.461 e. The second-order valence-corrected chi connectivity index (χ2v) is 9.03. The topological polar surface area (TPSA) is 109 Å². The van der Waals surface area contributed by atoms with Gasteiger partial charge in [0.25, 0.3) is 0 Å². The van der Waals surface area contributed by atoms with Crippen LogP contribution in [0.25, 0.3) is 9.69 Å². The summed E-state index contributed by atoms with van der Waals surface area (Å²) in [6, 6.07) is 17.1. The molecule has 242 valence electrons. The molecule has 1 amide bonds. The summed E-state index contributed by atoms with van der Waals surface area (Å²) in [6.07, 6.45) is 2.18. The van der Waals surface area contributed by atoms with Gasteiger partial charge in [-0.2, -0.15) is 17.6 Å². The van der Waals surface area contributed by atoms with E-state index >= 15 is 0 Å². The third-order valence-electron chi connectivity index (χ3n) is 5.88. The van der Waals surface area contributed by atoms with E-state index in [9.17, 15) is 27.2 Å². The van der Waals surface area contributed by atoms with Crippen molar-refractivity contribution < 1.29 is 46.2 Å². The molecular formula is C32H25F4N5O6. The van der Waals surface area contributed by atoms with Crippen molar-refractivity contribution in [2.24, 2.45) is 0 Å². The molecule has 4 rings (SSSR count). The van der Waals surface area contributed by atoms with Gasteiger partial charge in [-0.3, -0.25) is 19.6 Å². The van der Waals surface area contributed by atoms with E-state index in [0.29, 0.717) is 27.9 Å². The number of likely N-dealkylation sites (N-methyl/N-ethyl adjacent to an activating group) is 1. The van der Waals surface area contributed by atoms with Gasteiger partial charge >= 0.3 is 23.7 Å². The van der Waals surface area contributed by atoms with Gasteiger partial charge in [-0.1, -0.05) is 24.3 Å². The van der Waals surface area contributed by atoms with Gasteiger partial charge < -0.3 is 14.2 Å². The molecule has 0 spiro atoms. The Hall–Kier alpha value is -6.06. The van der Waals surface area contributed by atoms with Crippen LogP contribution < -0.4 is 9.47 Å². The number of hydrogen-bond donors (Lipinski definition) is 0. The molecule has 0 atom stereocenters. The predicted octanol–water partition coefficient (Wildman–Crippen LogP) is 7.62. The van der Waals surface area contributed by atoms with Gasteiger partial charge in [0, 0.05) is 7.05 Å². The molecule has 0 bridgehead atoms. The molecule has 0 aliphatic heterocycles. The number of halogens is 4. The predicted molar refractivity (Wildman–Crippen MR) is 158 cm³/mol. The molecule has 2 heterocycles. The van der Waals surface area contributed by atoms with Crippen molar-refractivity contribution in [1.82, 2.24) is 15.0 Å². The molecule has 0 saturated carbocycles. The first-order valence-electron chi connectivity index (χ1n) is 13.3. The van der Waals surface area contributed by atoms with E-state index in [1.165, 1.54) is 19.1 Å². The average Bonchev–Trinajstić information content (AvgIpc) is 3.09. The summed E-state index contributed by atoms with van der Waals surface area (Å²) in [7, 11) is 2.19. The zero-order valence-electron chi connectivity index (χ0n) is 25.0. The Morgan fingerprint density at radius 3 is 1.47 bits per heavy atom. The number of ether oxygens (including phenoxy) is 3. The number of rotatable bonds is 10. The highest BCUT2D eigenvalue weighted by atomic mass is 19.3. The van der Waals surface area contributed by atoms with Crippen molar-refractivity contribution in [2.75, 3.05) is 20.8 Å². The summed E-state index contributed by atoms with van der Waals surface area (Å²) in [5.74, 6) is -9.49. The third kappa shape index (κ3) is 9.23. The van der Waals surface area contributed by atoms with Crippen LogP contribution in [0.4, 0.5) is 28.9 Å². The third-order valence-corrected chi connectivity index (χ3v) is 5.88. The van der Waals surface area contributed by atoms with Gasteiger partial charge in [0.1, 0.15) is 34.4 Å². The van der Waals surface area contributed by atoms with Crippen LogP contribution in [0.2, 0.25) is 0 Å². The Labute approximate surface area is 266 Å². The first-order valence-corrected chi connectivity index (χ1v) is 13.3. The Kier molecular flexibility index (Phi) is 11.9. The molecule has 0 N–H and O–H groups in total. The van der Waals surface area contributed by atoms with Crippen LogP contribution in [0.5, 0.6) is 23.0 Å². The average molecular weight is 652 g/mol. The number of hydroxylamine groups is 2. The minimum Gasteiger partial charge on any atom is -0.461 e. The van der Waals surface area contributed by atoms with E-state index < -0.39 is 35.1 Å². The van der Waals surface area contributed by atoms with Crippen LogP contribution in [0, 0.1) is 13.1 Å². The molecule has 0 aliphatic carbocycles. The van der Waals surface area contributed by atoms with E-state index in [-0.39, 0.29) is 18.1 Å². The molecule has 2 aromatic carbocycles. The van der Waals surface area contributed by atoms with Gasteiger partial charge in [0.05, 0.1) is 39.3 Å². The molecule has 0 aliphatic rings. The summed E-state index contributed by atoms with van der Waals surface area (Å²) >= 11 is 0. The molecular weight excluding hydrogens is 626 g/mol. The van der Waals surface area contributed by atoms with Crippen LogP contribution in [-0.2, 0) is 31.0 Å². The number of benzene rings is 2. The maximum Gasteiger partial charge on any atom is 0.384 e. The number of alkyl halides is 4. The monoisotopic (exact) mass is 651 g/mol. The van der Waals surface area contributed by atoms with E-state index in [2.05, 4.69) is 29.2 Å². The molecule has 4 aromatic rings. The number of carbonyl (C=O) groups excluding carboxylic acids is 2. The van der Waals surface area contributed by atoms with Gasteiger partial charge in [-0.15, -0.1) is 0 Å². The number of esters is 1. The van der Waals surface area contributed by atoms with Crippen LogP contribution in [0.15, 0.2) is 85.2 Å². The SMILES string of the molecule is [C-]#[N+]c1ccc(Oc2ccc(C(F)(F)C(=O)N(C)OC)nc2)cc1.[C-]#[N+]c1ccc(Oc2ccc(C(F)(F)C(=O)OCC)nc2)cc1. The van der Waals surface area contributed by atoms with Crippen molar-refractivity contribution in [1.29, 1.82) is 0 Å². The Balaban J connectivity index is 0.000000256. The lowest BCUT2D eigenvalue weighted by Gasteiger charge is -2.20. The fourth-order valence-corrected chi connectivity index (χ4v) is 3.42. The normalized spacial score (nSPS) is 10.7. The van der Waals surface area contributed by atoms with Crippen LogP contribution >= 0.6 is 0 Å². The molecule has 0 saturated heterocycles. The molecule has 0 radical (unpaired) electrons. The van der Waals surface area contributed by atoms with Gasteiger partial charge in [0.15, 0.2) is 11.4 Å². The molecule has 2 aromatic heterocycles. The van der Waals surface area contributed by atoms with E-state index in [1.54, 1.807) is 48.5 Å². The highest BCUT2D eigenvalue weighted by Gasteiger charge is 2.45. The molecule has 0 fully saturated rings. The van der Waals surface area contributed by atoms with E-state index in [0.717, 1.165) is 38.7 Å². The van der Waals surface area contributed by atoms with Gasteiger partial charge in [0.2, 0.25) is 0 Å². The minimum absolute atomic E-state index is 0.143. The quantitative estimate of drug-likeness (QED) is 0.0746.